The molecule has 0 aliphatic carbocycles. The topological polar surface area (TPSA) is 49.9 Å². The number of hydrogen-bond donors (Lipinski definition) is 0. The SMILES string of the molecule is CCCCCCN1CC2(CCN(C(=O)c3ccccc3)CC2)OC1=O. The Morgan fingerprint density at radius 1 is 1.12 bits per heavy atom. The standard InChI is InChI=1S/C20H28N2O3/c1-2-3-4-8-13-22-16-20(25-19(22)24)11-14-21(15-12-20)18(23)17-9-6-5-7-10-17/h5-7,9-10H,2-4,8,11-16H2,1H3. The summed E-state index contributed by atoms with van der Waals surface area (Å²) in [7, 11) is 0. The number of piperidine rings is 1. The number of nitrogens with zero attached hydrogens (tertiary/aromatic N) is 2. The number of carbonyl (C=O) groups is 2. The molecule has 1 aromatic rings. The maximum atomic E-state index is 12.5. The lowest BCUT2D eigenvalue weighted by Crippen LogP contribution is -2.48. The molecule has 0 saturated carbocycles. The first-order valence-electron chi connectivity index (χ1n) is 9.46. The highest BCUT2D eigenvalue weighted by molar-refractivity contribution is 5.94. The van der Waals surface area contributed by atoms with Gasteiger partial charge in [-0.1, -0.05) is 44.4 Å². The van der Waals surface area contributed by atoms with E-state index in [0.717, 1.165) is 37.8 Å². The molecule has 2 heterocycles. The minimum Gasteiger partial charge on any atom is -0.441 e. The van der Waals surface area contributed by atoms with Crippen molar-refractivity contribution in [3.8, 4) is 0 Å². The van der Waals surface area contributed by atoms with Crippen LogP contribution in [0.5, 0.6) is 0 Å². The van der Waals surface area contributed by atoms with Crippen molar-refractivity contribution in [1.29, 1.82) is 0 Å². The molecule has 0 aromatic heterocycles. The van der Waals surface area contributed by atoms with Crippen LogP contribution in [0, 0.1) is 0 Å². The van der Waals surface area contributed by atoms with Gasteiger partial charge < -0.3 is 14.5 Å². The molecule has 2 saturated heterocycles. The third-order valence-electron chi connectivity index (χ3n) is 5.31. The molecule has 5 nitrogen and oxygen atoms in total. The number of unbranched alkanes of at least 4 members (excludes halogenated alkanes) is 3. The van der Waals surface area contributed by atoms with Crippen molar-refractivity contribution in [3.63, 3.8) is 0 Å². The van der Waals surface area contributed by atoms with E-state index < -0.39 is 5.60 Å². The quantitative estimate of drug-likeness (QED) is 0.740. The van der Waals surface area contributed by atoms with Gasteiger partial charge in [0, 0.05) is 38.0 Å². The first-order chi connectivity index (χ1) is 12.1. The van der Waals surface area contributed by atoms with Gasteiger partial charge >= 0.3 is 6.09 Å². The highest BCUT2D eigenvalue weighted by atomic mass is 16.6. The van der Waals surface area contributed by atoms with Crippen molar-refractivity contribution in [2.45, 2.75) is 51.0 Å². The molecule has 0 bridgehead atoms. The fraction of sp³-hybridized carbons (Fsp3) is 0.600. The third-order valence-corrected chi connectivity index (χ3v) is 5.31. The van der Waals surface area contributed by atoms with Crippen molar-refractivity contribution in [2.24, 2.45) is 0 Å². The van der Waals surface area contributed by atoms with Crippen molar-refractivity contribution in [1.82, 2.24) is 9.80 Å². The zero-order valence-electron chi connectivity index (χ0n) is 15.1. The van der Waals surface area contributed by atoms with Gasteiger partial charge in [0.15, 0.2) is 0 Å². The molecule has 0 N–H and O–H groups in total. The molecular weight excluding hydrogens is 316 g/mol. The smallest absolute Gasteiger partial charge is 0.410 e. The summed E-state index contributed by atoms with van der Waals surface area (Å²) in [5, 5.41) is 0. The maximum Gasteiger partial charge on any atom is 0.410 e. The van der Waals surface area contributed by atoms with Crippen LogP contribution in [-0.2, 0) is 4.74 Å². The van der Waals surface area contributed by atoms with E-state index in [0.29, 0.717) is 19.6 Å². The molecule has 5 heteroatoms. The molecule has 136 valence electrons. The lowest BCUT2D eigenvalue weighted by atomic mass is 9.91. The van der Waals surface area contributed by atoms with Crippen LogP contribution in [0.2, 0.25) is 0 Å². The molecule has 0 atom stereocenters. The van der Waals surface area contributed by atoms with Gasteiger partial charge in [0.05, 0.1) is 6.54 Å². The van der Waals surface area contributed by atoms with E-state index in [1.165, 1.54) is 12.8 Å². The zero-order valence-corrected chi connectivity index (χ0v) is 15.1. The predicted octanol–water partition coefficient (Wildman–Crippen LogP) is 3.69. The number of benzene rings is 1. The average molecular weight is 344 g/mol. The Hall–Kier alpha value is -2.04. The Morgan fingerprint density at radius 2 is 1.84 bits per heavy atom. The fourth-order valence-electron chi connectivity index (χ4n) is 3.74. The molecule has 25 heavy (non-hydrogen) atoms. The number of hydrogen-bond acceptors (Lipinski definition) is 3. The van der Waals surface area contributed by atoms with E-state index >= 15 is 0 Å². The summed E-state index contributed by atoms with van der Waals surface area (Å²) >= 11 is 0. The lowest BCUT2D eigenvalue weighted by molar-refractivity contribution is 0.00313. The molecule has 2 fully saturated rings. The van der Waals surface area contributed by atoms with Crippen molar-refractivity contribution in [3.05, 3.63) is 35.9 Å². The van der Waals surface area contributed by atoms with Crippen LogP contribution in [0.25, 0.3) is 0 Å². The molecule has 2 aliphatic rings. The van der Waals surface area contributed by atoms with E-state index in [1.807, 2.05) is 40.1 Å². The van der Waals surface area contributed by atoms with Gasteiger partial charge in [0.1, 0.15) is 5.60 Å². The van der Waals surface area contributed by atoms with Crippen LogP contribution >= 0.6 is 0 Å². The third kappa shape index (κ3) is 4.14. The van der Waals surface area contributed by atoms with Crippen LogP contribution in [-0.4, -0.2) is 53.6 Å². The van der Waals surface area contributed by atoms with Gasteiger partial charge in [0.25, 0.3) is 5.91 Å². The van der Waals surface area contributed by atoms with Gasteiger partial charge in [-0.3, -0.25) is 4.79 Å². The number of rotatable bonds is 6. The first kappa shape index (κ1) is 17.8. The van der Waals surface area contributed by atoms with Gasteiger partial charge in [-0.15, -0.1) is 0 Å². The van der Waals surface area contributed by atoms with Gasteiger partial charge in [-0.2, -0.15) is 0 Å². The van der Waals surface area contributed by atoms with Gasteiger partial charge in [-0.25, -0.2) is 4.79 Å². The maximum absolute atomic E-state index is 12.5. The van der Waals surface area contributed by atoms with E-state index in [9.17, 15) is 9.59 Å². The largest absolute Gasteiger partial charge is 0.441 e. The Morgan fingerprint density at radius 3 is 2.52 bits per heavy atom. The minimum absolute atomic E-state index is 0.0659. The molecule has 2 aliphatic heterocycles. The second kappa shape index (κ2) is 7.89. The fourth-order valence-corrected chi connectivity index (χ4v) is 3.74. The molecule has 0 unspecified atom stereocenters. The summed E-state index contributed by atoms with van der Waals surface area (Å²) in [6, 6.07) is 9.37. The number of carbonyl (C=O) groups excluding carboxylic acids is 2. The summed E-state index contributed by atoms with van der Waals surface area (Å²) in [6.45, 7) is 4.93. The Kier molecular flexibility index (Phi) is 5.61. The Balaban J connectivity index is 1.51. The second-order valence-electron chi connectivity index (χ2n) is 7.19. The molecule has 1 aromatic carbocycles. The number of likely N-dealkylation sites (tertiary alicyclic amines) is 1. The van der Waals surface area contributed by atoms with Crippen molar-refractivity contribution in [2.75, 3.05) is 26.2 Å². The highest BCUT2D eigenvalue weighted by Crippen LogP contribution is 2.33. The highest BCUT2D eigenvalue weighted by Gasteiger charge is 2.47. The second-order valence-corrected chi connectivity index (χ2v) is 7.19. The van der Waals surface area contributed by atoms with Gasteiger partial charge in [-0.05, 0) is 18.6 Å². The van der Waals surface area contributed by atoms with Crippen LogP contribution in [0.3, 0.4) is 0 Å². The Labute approximate surface area is 149 Å². The molecule has 3 rings (SSSR count). The number of amides is 2. The minimum atomic E-state index is -0.394. The van der Waals surface area contributed by atoms with Crippen molar-refractivity contribution < 1.29 is 14.3 Å². The summed E-state index contributed by atoms with van der Waals surface area (Å²) in [6.07, 6.45) is 5.87. The van der Waals surface area contributed by atoms with Crippen LogP contribution in [0.15, 0.2) is 30.3 Å². The number of ether oxygens (including phenoxy) is 1. The first-order valence-corrected chi connectivity index (χ1v) is 9.46. The predicted molar refractivity (Wildman–Crippen MR) is 96.5 cm³/mol. The van der Waals surface area contributed by atoms with Crippen LogP contribution in [0.1, 0.15) is 55.8 Å². The van der Waals surface area contributed by atoms with Crippen LogP contribution in [0.4, 0.5) is 4.79 Å². The molecule has 0 radical (unpaired) electrons. The lowest BCUT2D eigenvalue weighted by Gasteiger charge is -2.37. The normalized spacial score (nSPS) is 19.3. The average Bonchev–Trinajstić information content (AvgIpc) is 2.95. The summed E-state index contributed by atoms with van der Waals surface area (Å²) in [5.74, 6) is 0.0659. The van der Waals surface area contributed by atoms with E-state index in [1.54, 1.807) is 0 Å². The summed E-state index contributed by atoms with van der Waals surface area (Å²) in [5.41, 5.74) is 0.328. The Bertz CT molecular complexity index is 594. The molecule has 1 spiro atoms. The van der Waals surface area contributed by atoms with E-state index in [-0.39, 0.29) is 12.0 Å². The molecule has 2 amide bonds. The van der Waals surface area contributed by atoms with Gasteiger partial charge in [0.2, 0.25) is 0 Å². The monoisotopic (exact) mass is 344 g/mol. The van der Waals surface area contributed by atoms with E-state index in [2.05, 4.69) is 6.92 Å². The van der Waals surface area contributed by atoms with E-state index in [4.69, 9.17) is 4.74 Å². The van der Waals surface area contributed by atoms with Crippen molar-refractivity contribution >= 4 is 12.0 Å². The summed E-state index contributed by atoms with van der Waals surface area (Å²) < 4.78 is 5.74. The molecular formula is C20H28N2O3. The van der Waals surface area contributed by atoms with Crippen LogP contribution < -0.4 is 0 Å². The summed E-state index contributed by atoms with van der Waals surface area (Å²) in [4.78, 5) is 28.4. The zero-order chi connectivity index (χ0) is 17.7.